The van der Waals surface area contributed by atoms with Crippen LogP contribution >= 0.6 is 11.3 Å². The number of aryl methyl sites for hydroxylation is 2. The summed E-state index contributed by atoms with van der Waals surface area (Å²) in [6, 6.07) is 4.03. The van der Waals surface area contributed by atoms with Crippen LogP contribution in [0.5, 0.6) is 0 Å². The molecule has 3 N–H and O–H groups in total. The van der Waals surface area contributed by atoms with Gasteiger partial charge in [-0.15, -0.1) is 11.3 Å². The molecule has 0 fully saturated rings. The predicted molar refractivity (Wildman–Crippen MR) is 72.6 cm³/mol. The van der Waals surface area contributed by atoms with Crippen molar-refractivity contribution >= 4 is 22.9 Å². The Morgan fingerprint density at radius 3 is 2.78 bits per heavy atom. The van der Waals surface area contributed by atoms with Gasteiger partial charge < -0.3 is 11.1 Å². The molecule has 0 saturated carbocycles. The van der Waals surface area contributed by atoms with E-state index in [4.69, 9.17) is 5.73 Å². The van der Waals surface area contributed by atoms with Gasteiger partial charge in [0.15, 0.2) is 0 Å². The van der Waals surface area contributed by atoms with E-state index in [0.29, 0.717) is 11.4 Å². The van der Waals surface area contributed by atoms with Crippen LogP contribution in [0.1, 0.15) is 33.2 Å². The molecule has 18 heavy (non-hydrogen) atoms. The van der Waals surface area contributed by atoms with E-state index in [1.807, 2.05) is 26.0 Å². The van der Waals surface area contributed by atoms with E-state index >= 15 is 0 Å². The molecule has 0 aliphatic carbocycles. The van der Waals surface area contributed by atoms with Crippen LogP contribution in [0.15, 0.2) is 18.3 Å². The first-order valence-electron chi connectivity index (χ1n) is 5.63. The Labute approximate surface area is 110 Å². The highest BCUT2D eigenvalue weighted by atomic mass is 32.1. The van der Waals surface area contributed by atoms with E-state index in [1.165, 1.54) is 15.8 Å². The Bertz CT molecular complexity index is 553. The fourth-order valence-corrected chi connectivity index (χ4v) is 2.63. The first-order chi connectivity index (χ1) is 8.49. The Hall–Kier alpha value is -1.82. The highest BCUT2D eigenvalue weighted by molar-refractivity contribution is 7.12. The van der Waals surface area contributed by atoms with Gasteiger partial charge in [0.05, 0.1) is 17.9 Å². The highest BCUT2D eigenvalue weighted by Gasteiger charge is 2.18. The lowest BCUT2D eigenvalue weighted by molar-refractivity contribution is 0.0932. The van der Waals surface area contributed by atoms with E-state index in [2.05, 4.69) is 10.4 Å². The average Bonchev–Trinajstić information content (AvgIpc) is 2.85. The number of hydrogen-bond donors (Lipinski definition) is 2. The van der Waals surface area contributed by atoms with Crippen molar-refractivity contribution in [3.05, 3.63) is 33.8 Å². The first kappa shape index (κ1) is 12.6. The minimum Gasteiger partial charge on any atom is -0.396 e. The van der Waals surface area contributed by atoms with Gasteiger partial charge in [0.2, 0.25) is 0 Å². The van der Waals surface area contributed by atoms with Gasteiger partial charge in [-0.2, -0.15) is 5.10 Å². The van der Waals surface area contributed by atoms with Crippen LogP contribution < -0.4 is 11.1 Å². The summed E-state index contributed by atoms with van der Waals surface area (Å²) < 4.78 is 1.48. The van der Waals surface area contributed by atoms with E-state index < -0.39 is 0 Å². The Morgan fingerprint density at radius 1 is 1.56 bits per heavy atom. The molecular weight excluding hydrogens is 248 g/mol. The van der Waals surface area contributed by atoms with Crippen LogP contribution in [-0.2, 0) is 7.05 Å². The van der Waals surface area contributed by atoms with E-state index in [-0.39, 0.29) is 11.9 Å². The van der Waals surface area contributed by atoms with Gasteiger partial charge in [-0.3, -0.25) is 9.48 Å². The van der Waals surface area contributed by atoms with Crippen molar-refractivity contribution in [2.75, 3.05) is 5.73 Å². The molecule has 1 atom stereocenters. The van der Waals surface area contributed by atoms with Gasteiger partial charge in [0.1, 0.15) is 5.69 Å². The molecule has 0 aromatic carbocycles. The molecule has 0 bridgehead atoms. The highest BCUT2D eigenvalue weighted by Crippen LogP contribution is 2.23. The monoisotopic (exact) mass is 264 g/mol. The summed E-state index contributed by atoms with van der Waals surface area (Å²) in [6.07, 6.45) is 1.48. The number of nitrogens with zero attached hydrogens (tertiary/aromatic N) is 2. The normalized spacial score (nSPS) is 12.4. The van der Waals surface area contributed by atoms with Crippen LogP contribution in [0.3, 0.4) is 0 Å². The summed E-state index contributed by atoms with van der Waals surface area (Å²) in [5, 5.41) is 6.88. The zero-order valence-electron chi connectivity index (χ0n) is 10.6. The average molecular weight is 264 g/mol. The molecule has 2 aromatic heterocycles. The molecule has 0 spiro atoms. The lowest BCUT2D eigenvalue weighted by atomic mass is 10.2. The van der Waals surface area contributed by atoms with E-state index in [0.717, 1.165) is 4.88 Å². The number of nitrogen functional groups attached to an aromatic ring is 1. The molecule has 96 valence electrons. The molecule has 0 saturated heterocycles. The third-order valence-corrected chi connectivity index (χ3v) is 3.90. The summed E-state index contributed by atoms with van der Waals surface area (Å²) >= 11 is 1.68. The largest absolute Gasteiger partial charge is 0.396 e. The number of thiophene rings is 1. The number of aromatic nitrogens is 2. The molecule has 2 aromatic rings. The van der Waals surface area contributed by atoms with Gasteiger partial charge in [-0.1, -0.05) is 0 Å². The molecule has 1 unspecified atom stereocenters. The van der Waals surface area contributed by atoms with Crippen LogP contribution in [0.2, 0.25) is 0 Å². The summed E-state index contributed by atoms with van der Waals surface area (Å²) in [4.78, 5) is 14.4. The summed E-state index contributed by atoms with van der Waals surface area (Å²) in [5.74, 6) is -0.203. The number of rotatable bonds is 3. The van der Waals surface area contributed by atoms with Crippen molar-refractivity contribution in [2.24, 2.45) is 7.05 Å². The second-order valence-electron chi connectivity index (χ2n) is 4.22. The molecule has 1 amide bonds. The predicted octanol–water partition coefficient (Wildman–Crippen LogP) is 1.86. The van der Waals surface area contributed by atoms with Crippen LogP contribution in [0.4, 0.5) is 5.69 Å². The lowest BCUT2D eigenvalue weighted by Gasteiger charge is -2.12. The van der Waals surface area contributed by atoms with Crippen LogP contribution in [-0.4, -0.2) is 15.7 Å². The number of hydrogen-bond acceptors (Lipinski definition) is 4. The van der Waals surface area contributed by atoms with Gasteiger partial charge in [-0.25, -0.2) is 0 Å². The smallest absolute Gasteiger partial charge is 0.272 e. The van der Waals surface area contributed by atoms with Crippen molar-refractivity contribution in [1.29, 1.82) is 0 Å². The molecule has 5 nitrogen and oxygen atoms in total. The summed E-state index contributed by atoms with van der Waals surface area (Å²) in [5.41, 5.74) is 6.51. The fraction of sp³-hybridized carbons (Fsp3) is 0.333. The van der Waals surface area contributed by atoms with Crippen molar-refractivity contribution in [3.63, 3.8) is 0 Å². The second-order valence-corrected chi connectivity index (χ2v) is 5.54. The Balaban J connectivity index is 2.13. The Morgan fingerprint density at radius 2 is 2.28 bits per heavy atom. The maximum atomic E-state index is 12.1. The quantitative estimate of drug-likeness (QED) is 0.888. The zero-order valence-corrected chi connectivity index (χ0v) is 11.4. The topological polar surface area (TPSA) is 72.9 Å². The number of anilines is 1. The second kappa shape index (κ2) is 4.81. The van der Waals surface area contributed by atoms with Crippen molar-refractivity contribution in [1.82, 2.24) is 15.1 Å². The van der Waals surface area contributed by atoms with Crippen molar-refractivity contribution < 1.29 is 4.79 Å². The third kappa shape index (κ3) is 2.38. The third-order valence-electron chi connectivity index (χ3n) is 2.72. The first-order valence-corrected chi connectivity index (χ1v) is 6.45. The van der Waals surface area contributed by atoms with E-state index in [9.17, 15) is 4.79 Å². The molecule has 2 rings (SSSR count). The number of amides is 1. The van der Waals surface area contributed by atoms with Gasteiger partial charge in [0, 0.05) is 16.8 Å². The molecule has 6 heteroatoms. The standard InChI is InChI=1S/C12H16N4OS/c1-7-4-5-10(18-7)8(2)15-12(17)11-9(13)6-14-16(11)3/h4-6,8H,13H2,1-3H3,(H,15,17). The number of nitrogens with two attached hydrogens (primary N) is 1. The number of carbonyl (C=O) groups excluding carboxylic acids is 1. The van der Waals surface area contributed by atoms with Crippen molar-refractivity contribution in [3.8, 4) is 0 Å². The maximum Gasteiger partial charge on any atom is 0.272 e. The molecule has 0 radical (unpaired) electrons. The summed E-state index contributed by atoms with van der Waals surface area (Å²) in [7, 11) is 1.70. The lowest BCUT2D eigenvalue weighted by Crippen LogP contribution is -2.28. The van der Waals surface area contributed by atoms with E-state index in [1.54, 1.807) is 18.4 Å². The fourth-order valence-electron chi connectivity index (χ4n) is 1.75. The zero-order chi connectivity index (χ0) is 13.3. The van der Waals surface area contributed by atoms with Gasteiger partial charge in [0.25, 0.3) is 5.91 Å². The van der Waals surface area contributed by atoms with Crippen LogP contribution in [0.25, 0.3) is 0 Å². The van der Waals surface area contributed by atoms with Crippen LogP contribution in [0, 0.1) is 6.92 Å². The molecular formula is C12H16N4OS. The van der Waals surface area contributed by atoms with Gasteiger partial charge in [-0.05, 0) is 26.0 Å². The van der Waals surface area contributed by atoms with Crippen molar-refractivity contribution in [2.45, 2.75) is 19.9 Å². The minimum absolute atomic E-state index is 0.0366. The summed E-state index contributed by atoms with van der Waals surface area (Å²) in [6.45, 7) is 4.00. The molecule has 0 aliphatic heterocycles. The molecule has 2 heterocycles. The minimum atomic E-state index is -0.203. The van der Waals surface area contributed by atoms with Gasteiger partial charge >= 0.3 is 0 Å². The number of nitrogens with one attached hydrogen (secondary N) is 1. The molecule has 0 aliphatic rings. The SMILES string of the molecule is Cc1ccc(C(C)NC(=O)c2c(N)cnn2C)s1. The Kier molecular flexibility index (Phi) is 3.38. The number of carbonyl (C=O) groups is 1. The maximum absolute atomic E-state index is 12.1.